The van der Waals surface area contributed by atoms with Gasteiger partial charge in [-0.15, -0.1) is 0 Å². The second-order valence-corrected chi connectivity index (χ2v) is 11.5. The fourth-order valence-corrected chi connectivity index (χ4v) is 5.39. The molecule has 0 heterocycles. The van der Waals surface area contributed by atoms with Crippen LogP contribution in [-0.4, -0.2) is 50.9 Å². The maximum atomic E-state index is 13.9. The van der Waals surface area contributed by atoms with Gasteiger partial charge in [-0.05, 0) is 74.4 Å². The Bertz CT molecular complexity index is 1350. The van der Waals surface area contributed by atoms with E-state index < -0.39 is 28.5 Å². The van der Waals surface area contributed by atoms with Gasteiger partial charge in [0.1, 0.15) is 18.3 Å². The number of halogens is 1. The number of ether oxygens (including phenoxy) is 1. The lowest BCUT2D eigenvalue weighted by Crippen LogP contribution is -2.52. The molecule has 3 rings (SSSR count). The van der Waals surface area contributed by atoms with Gasteiger partial charge in [-0.2, -0.15) is 0 Å². The third-order valence-electron chi connectivity index (χ3n) is 6.40. The number of methoxy groups -OCH3 is 1. The number of rotatable bonds is 12. The first-order valence-electron chi connectivity index (χ1n) is 12.6. The number of hydrogen-bond donors (Lipinski definition) is 1. The molecular weight excluding hydrogens is 538 g/mol. The normalized spacial score (nSPS) is 12.7. The average Bonchev–Trinajstić information content (AvgIpc) is 2.95. The molecule has 2 amide bonds. The SMILES string of the molecule is CC[C@H](C)NC(=O)[C@@H](C)N(Cc1ccc(OC)cc1)C(=O)CN(c1ccc(Cl)cc1)S(=O)(=O)c1ccccc1. The molecule has 10 heteroatoms. The van der Waals surface area contributed by atoms with Crippen LogP contribution in [0.4, 0.5) is 5.69 Å². The van der Waals surface area contributed by atoms with Crippen molar-refractivity contribution in [2.75, 3.05) is 18.0 Å². The Morgan fingerprint density at radius 3 is 2.13 bits per heavy atom. The fourth-order valence-electron chi connectivity index (χ4n) is 3.83. The predicted octanol–water partition coefficient (Wildman–Crippen LogP) is 4.88. The largest absolute Gasteiger partial charge is 0.497 e. The lowest BCUT2D eigenvalue weighted by Gasteiger charge is -2.32. The summed E-state index contributed by atoms with van der Waals surface area (Å²) < 4.78 is 33.7. The van der Waals surface area contributed by atoms with Gasteiger partial charge in [0, 0.05) is 17.6 Å². The number of carbonyl (C=O) groups is 2. The van der Waals surface area contributed by atoms with Crippen LogP contribution in [0, 0.1) is 0 Å². The second kappa shape index (κ2) is 13.5. The number of sulfonamides is 1. The first kappa shape index (κ1) is 30.0. The minimum Gasteiger partial charge on any atom is -0.497 e. The quantitative estimate of drug-likeness (QED) is 0.334. The Morgan fingerprint density at radius 1 is 0.949 bits per heavy atom. The molecule has 0 aromatic heterocycles. The van der Waals surface area contributed by atoms with Crippen LogP contribution in [-0.2, 0) is 26.2 Å². The summed E-state index contributed by atoms with van der Waals surface area (Å²) in [6.45, 7) is 5.05. The van der Waals surface area contributed by atoms with Crippen molar-refractivity contribution in [3.05, 3.63) is 89.4 Å². The van der Waals surface area contributed by atoms with E-state index in [1.54, 1.807) is 80.8 Å². The van der Waals surface area contributed by atoms with Gasteiger partial charge in [0.25, 0.3) is 10.0 Å². The molecule has 0 saturated heterocycles. The fraction of sp³-hybridized carbons (Fsp3) is 0.310. The van der Waals surface area contributed by atoms with Gasteiger partial charge in [0.05, 0.1) is 17.7 Å². The van der Waals surface area contributed by atoms with Crippen molar-refractivity contribution >= 4 is 39.1 Å². The highest BCUT2D eigenvalue weighted by Gasteiger charge is 2.32. The smallest absolute Gasteiger partial charge is 0.264 e. The van der Waals surface area contributed by atoms with Gasteiger partial charge in [-0.25, -0.2) is 8.42 Å². The van der Waals surface area contributed by atoms with E-state index in [2.05, 4.69) is 5.32 Å². The van der Waals surface area contributed by atoms with E-state index in [1.165, 1.54) is 17.0 Å². The summed E-state index contributed by atoms with van der Waals surface area (Å²) in [5.41, 5.74) is 1.04. The van der Waals surface area contributed by atoms with Crippen molar-refractivity contribution in [3.63, 3.8) is 0 Å². The van der Waals surface area contributed by atoms with Crippen molar-refractivity contribution in [1.29, 1.82) is 0 Å². The minimum absolute atomic E-state index is 0.0389. The molecule has 0 radical (unpaired) electrons. The third-order valence-corrected chi connectivity index (χ3v) is 8.45. The first-order valence-corrected chi connectivity index (χ1v) is 14.4. The van der Waals surface area contributed by atoms with Gasteiger partial charge >= 0.3 is 0 Å². The summed E-state index contributed by atoms with van der Waals surface area (Å²) >= 11 is 6.05. The van der Waals surface area contributed by atoms with Crippen LogP contribution >= 0.6 is 11.6 Å². The molecule has 0 saturated carbocycles. The van der Waals surface area contributed by atoms with Crippen LogP contribution in [0.25, 0.3) is 0 Å². The van der Waals surface area contributed by atoms with Crippen LogP contribution in [0.5, 0.6) is 5.75 Å². The highest BCUT2D eigenvalue weighted by atomic mass is 35.5. The van der Waals surface area contributed by atoms with Gasteiger partial charge in [0.15, 0.2) is 0 Å². The summed E-state index contributed by atoms with van der Waals surface area (Å²) in [5, 5.41) is 3.35. The number of carbonyl (C=O) groups excluding carboxylic acids is 2. The predicted molar refractivity (Wildman–Crippen MR) is 153 cm³/mol. The summed E-state index contributed by atoms with van der Waals surface area (Å²) in [5.74, 6) is -0.204. The van der Waals surface area contributed by atoms with Gasteiger partial charge < -0.3 is 15.0 Å². The molecule has 0 aliphatic rings. The summed E-state index contributed by atoms with van der Waals surface area (Å²) in [4.78, 5) is 28.4. The van der Waals surface area contributed by atoms with E-state index in [4.69, 9.17) is 16.3 Å². The maximum Gasteiger partial charge on any atom is 0.264 e. The molecule has 0 aliphatic heterocycles. The lowest BCUT2D eigenvalue weighted by molar-refractivity contribution is -0.139. The zero-order valence-electron chi connectivity index (χ0n) is 22.5. The topological polar surface area (TPSA) is 96.0 Å². The second-order valence-electron chi connectivity index (χ2n) is 9.16. The molecule has 1 N–H and O–H groups in total. The summed E-state index contributed by atoms with van der Waals surface area (Å²) in [7, 11) is -2.56. The number of nitrogens with zero attached hydrogens (tertiary/aromatic N) is 2. The molecule has 0 fully saturated rings. The van der Waals surface area contributed by atoms with Crippen LogP contribution in [0.2, 0.25) is 5.02 Å². The van der Waals surface area contributed by atoms with Crippen molar-refractivity contribution in [3.8, 4) is 5.75 Å². The molecule has 0 aliphatic carbocycles. The molecule has 208 valence electrons. The van der Waals surface area contributed by atoms with Crippen LogP contribution in [0.15, 0.2) is 83.8 Å². The van der Waals surface area contributed by atoms with E-state index in [1.807, 2.05) is 13.8 Å². The maximum absolute atomic E-state index is 13.9. The molecule has 2 atom stereocenters. The van der Waals surface area contributed by atoms with Crippen molar-refractivity contribution in [2.24, 2.45) is 0 Å². The Hall–Kier alpha value is -3.56. The molecule has 3 aromatic carbocycles. The highest BCUT2D eigenvalue weighted by molar-refractivity contribution is 7.92. The highest BCUT2D eigenvalue weighted by Crippen LogP contribution is 2.26. The third kappa shape index (κ3) is 7.74. The minimum atomic E-state index is -4.12. The monoisotopic (exact) mass is 571 g/mol. The van der Waals surface area contributed by atoms with Crippen LogP contribution in [0.1, 0.15) is 32.8 Å². The van der Waals surface area contributed by atoms with E-state index in [9.17, 15) is 18.0 Å². The zero-order chi connectivity index (χ0) is 28.6. The summed E-state index contributed by atoms with van der Waals surface area (Å²) in [6.07, 6.45) is 0.727. The standard InChI is InChI=1S/C29H34ClN3O5S/c1-5-21(2)31-29(35)22(3)32(19-23-11-17-26(38-4)18-12-23)28(34)20-33(25-15-13-24(30)14-16-25)39(36,37)27-9-7-6-8-10-27/h6-18,21-22H,5,19-20H2,1-4H3,(H,31,35)/t21-,22+/m0/s1. The molecule has 0 bridgehead atoms. The Morgan fingerprint density at radius 2 is 1.56 bits per heavy atom. The number of hydrogen-bond acceptors (Lipinski definition) is 5. The van der Waals surface area contributed by atoms with Gasteiger partial charge in [-0.1, -0.05) is 48.9 Å². The van der Waals surface area contributed by atoms with Crippen LogP contribution in [0.3, 0.4) is 0 Å². The van der Waals surface area contributed by atoms with Crippen LogP contribution < -0.4 is 14.4 Å². The van der Waals surface area contributed by atoms with E-state index in [0.29, 0.717) is 10.8 Å². The average molecular weight is 572 g/mol. The first-order chi connectivity index (χ1) is 18.6. The van der Waals surface area contributed by atoms with Gasteiger partial charge in [-0.3, -0.25) is 13.9 Å². The van der Waals surface area contributed by atoms with E-state index >= 15 is 0 Å². The van der Waals surface area contributed by atoms with Crippen molar-refractivity contribution < 1.29 is 22.7 Å². The lowest BCUT2D eigenvalue weighted by atomic mass is 10.1. The molecular formula is C29H34ClN3O5S. The number of amides is 2. The number of anilines is 1. The van der Waals surface area contributed by atoms with Crippen molar-refractivity contribution in [2.45, 2.75) is 50.7 Å². The molecule has 39 heavy (non-hydrogen) atoms. The zero-order valence-corrected chi connectivity index (χ0v) is 24.1. The Balaban J connectivity index is 2.00. The Kier molecular flexibility index (Phi) is 10.4. The molecule has 3 aromatic rings. The molecule has 0 unspecified atom stereocenters. The van der Waals surface area contributed by atoms with Crippen molar-refractivity contribution in [1.82, 2.24) is 10.2 Å². The summed E-state index contributed by atoms with van der Waals surface area (Å²) in [6, 6.07) is 20.3. The number of benzene rings is 3. The van der Waals surface area contributed by atoms with E-state index in [0.717, 1.165) is 16.3 Å². The molecule has 8 nitrogen and oxygen atoms in total. The van der Waals surface area contributed by atoms with E-state index in [-0.39, 0.29) is 29.1 Å². The Labute approximate surface area is 235 Å². The number of nitrogens with one attached hydrogen (secondary N) is 1. The van der Waals surface area contributed by atoms with Gasteiger partial charge in [0.2, 0.25) is 11.8 Å². The molecule has 0 spiro atoms.